The second-order valence-electron chi connectivity index (χ2n) is 4.82. The van der Waals surface area contributed by atoms with Gasteiger partial charge in [-0.3, -0.25) is 15.1 Å². The zero-order valence-corrected chi connectivity index (χ0v) is 13.6. The number of allylic oxidation sites excluding steroid dienone is 1. The summed E-state index contributed by atoms with van der Waals surface area (Å²) in [6.45, 7) is 0. The van der Waals surface area contributed by atoms with Crippen LogP contribution in [0.1, 0.15) is 5.56 Å². The number of aromatic amines is 1. The van der Waals surface area contributed by atoms with Crippen LogP contribution in [-0.2, 0) is 0 Å². The predicted molar refractivity (Wildman–Crippen MR) is 96.7 cm³/mol. The Morgan fingerprint density at radius 1 is 1.24 bits per heavy atom. The second kappa shape index (κ2) is 7.41. The number of rotatable bonds is 5. The van der Waals surface area contributed by atoms with E-state index in [2.05, 4.69) is 20.3 Å². The summed E-state index contributed by atoms with van der Waals surface area (Å²) in [7, 11) is 0. The van der Waals surface area contributed by atoms with Crippen molar-refractivity contribution in [3.8, 4) is 11.5 Å². The van der Waals surface area contributed by atoms with Gasteiger partial charge in [-0.25, -0.2) is 5.10 Å². The van der Waals surface area contributed by atoms with Crippen LogP contribution in [0, 0.1) is 14.9 Å². The zero-order chi connectivity index (χ0) is 17.6. The Bertz CT molecular complexity index is 1010. The van der Waals surface area contributed by atoms with Crippen LogP contribution in [0.2, 0.25) is 0 Å². The number of nitrogens with one attached hydrogen (secondary N) is 1. The van der Waals surface area contributed by atoms with E-state index < -0.39 is 4.92 Å². The summed E-state index contributed by atoms with van der Waals surface area (Å²) < 4.78 is 1.75. The number of pyridine rings is 1. The van der Waals surface area contributed by atoms with Gasteiger partial charge >= 0.3 is 0 Å². The van der Waals surface area contributed by atoms with Crippen molar-refractivity contribution in [3.05, 3.63) is 75.2 Å². The quantitative estimate of drug-likeness (QED) is 0.328. The highest BCUT2D eigenvalue weighted by atomic mass is 32.1. The maximum atomic E-state index is 11.0. The molecule has 0 atom stereocenters. The fourth-order valence-electron chi connectivity index (χ4n) is 2.11. The lowest BCUT2D eigenvalue weighted by Gasteiger charge is -1.98. The Kier molecular flexibility index (Phi) is 4.86. The third kappa shape index (κ3) is 3.72. The molecular formula is C16H12N6O2S. The van der Waals surface area contributed by atoms with E-state index in [4.69, 9.17) is 12.2 Å². The third-order valence-corrected chi connectivity index (χ3v) is 3.49. The van der Waals surface area contributed by atoms with E-state index in [0.717, 1.165) is 0 Å². The summed E-state index contributed by atoms with van der Waals surface area (Å²) in [5.74, 6) is 0.473. The van der Waals surface area contributed by atoms with E-state index >= 15 is 0 Å². The molecular weight excluding hydrogens is 340 g/mol. The minimum absolute atomic E-state index is 0.0289. The summed E-state index contributed by atoms with van der Waals surface area (Å²) in [4.78, 5) is 14.8. The molecule has 0 saturated heterocycles. The maximum absolute atomic E-state index is 11.0. The standard InChI is InChI=1S/C16H12N6O2S/c23-22(24)14-9-2-1-6-12(14)7-5-11-18-21-15(19-20-16(21)25)13-8-3-4-10-17-13/h1-11H,(H,20,25)/b7-5+,18-11-. The first-order valence-electron chi connectivity index (χ1n) is 7.20. The molecule has 0 fully saturated rings. The first kappa shape index (κ1) is 16.4. The zero-order valence-electron chi connectivity index (χ0n) is 12.8. The van der Waals surface area contributed by atoms with Crippen molar-refractivity contribution in [2.75, 3.05) is 0 Å². The molecule has 0 aliphatic heterocycles. The number of nitro benzene ring substituents is 1. The SMILES string of the molecule is O=[N+]([O-])c1ccccc1/C=C/C=N\n1c(-c2ccccn2)n[nH]c1=S. The van der Waals surface area contributed by atoms with Crippen molar-refractivity contribution in [1.82, 2.24) is 19.9 Å². The van der Waals surface area contributed by atoms with Crippen LogP contribution in [0.15, 0.2) is 59.8 Å². The van der Waals surface area contributed by atoms with Crippen molar-refractivity contribution in [2.24, 2.45) is 5.10 Å². The molecule has 8 nitrogen and oxygen atoms in total. The van der Waals surface area contributed by atoms with Crippen LogP contribution < -0.4 is 0 Å². The number of benzene rings is 1. The molecule has 9 heteroatoms. The minimum atomic E-state index is -0.428. The van der Waals surface area contributed by atoms with Crippen LogP contribution in [0.3, 0.4) is 0 Å². The molecule has 1 N–H and O–H groups in total. The number of H-pyrrole nitrogens is 1. The molecule has 0 bridgehead atoms. The Labute approximate surface area is 147 Å². The number of aromatic nitrogens is 4. The molecule has 0 aliphatic carbocycles. The molecule has 25 heavy (non-hydrogen) atoms. The van der Waals surface area contributed by atoms with Gasteiger partial charge in [0.15, 0.2) is 0 Å². The molecule has 3 aromatic rings. The van der Waals surface area contributed by atoms with Crippen molar-refractivity contribution < 1.29 is 4.92 Å². The van der Waals surface area contributed by atoms with Crippen molar-refractivity contribution in [1.29, 1.82) is 0 Å². The summed E-state index contributed by atoms with van der Waals surface area (Å²) in [6, 6.07) is 11.9. The van der Waals surface area contributed by atoms with E-state index in [9.17, 15) is 10.1 Å². The van der Waals surface area contributed by atoms with E-state index in [1.54, 1.807) is 48.7 Å². The van der Waals surface area contributed by atoms with E-state index in [-0.39, 0.29) is 5.69 Å². The Morgan fingerprint density at radius 3 is 2.80 bits per heavy atom. The molecule has 1 aromatic carbocycles. The number of hydrogen-bond donors (Lipinski definition) is 1. The molecule has 124 valence electrons. The van der Waals surface area contributed by atoms with Gasteiger partial charge in [0.1, 0.15) is 5.69 Å². The predicted octanol–water partition coefficient (Wildman–Crippen LogP) is 3.46. The monoisotopic (exact) mass is 352 g/mol. The molecule has 2 aromatic heterocycles. The van der Waals surface area contributed by atoms with Gasteiger partial charge in [0, 0.05) is 18.5 Å². The fraction of sp³-hybridized carbons (Fsp3) is 0. The van der Waals surface area contributed by atoms with E-state index in [1.807, 2.05) is 6.07 Å². The van der Waals surface area contributed by atoms with Crippen LogP contribution in [0.4, 0.5) is 5.69 Å². The van der Waals surface area contributed by atoms with Gasteiger partial charge in [-0.1, -0.05) is 18.2 Å². The Balaban J connectivity index is 1.86. The summed E-state index contributed by atoms with van der Waals surface area (Å²) in [5.41, 5.74) is 1.13. The van der Waals surface area contributed by atoms with Gasteiger partial charge in [-0.15, -0.1) is 0 Å². The molecule has 3 rings (SSSR count). The lowest BCUT2D eigenvalue weighted by Crippen LogP contribution is -1.95. The van der Waals surface area contributed by atoms with Gasteiger partial charge in [-0.05, 0) is 42.6 Å². The van der Waals surface area contributed by atoms with Gasteiger partial charge < -0.3 is 0 Å². The van der Waals surface area contributed by atoms with E-state index in [1.165, 1.54) is 17.0 Å². The molecule has 0 saturated carbocycles. The highest BCUT2D eigenvalue weighted by Crippen LogP contribution is 2.18. The highest BCUT2D eigenvalue weighted by Gasteiger charge is 2.09. The first-order valence-corrected chi connectivity index (χ1v) is 7.61. The van der Waals surface area contributed by atoms with Gasteiger partial charge in [0.2, 0.25) is 10.6 Å². The molecule has 0 radical (unpaired) electrons. The van der Waals surface area contributed by atoms with Crippen molar-refractivity contribution >= 4 is 30.2 Å². The highest BCUT2D eigenvalue weighted by molar-refractivity contribution is 7.71. The van der Waals surface area contributed by atoms with Gasteiger partial charge in [0.05, 0.1) is 10.5 Å². The average Bonchev–Trinajstić information content (AvgIpc) is 3.00. The minimum Gasteiger partial charge on any atom is -0.258 e. The number of nitro groups is 1. The summed E-state index contributed by atoms with van der Waals surface area (Å²) in [5, 5.41) is 22.0. The lowest BCUT2D eigenvalue weighted by molar-refractivity contribution is -0.385. The number of hydrogen-bond acceptors (Lipinski definition) is 6. The molecule has 0 amide bonds. The Morgan fingerprint density at radius 2 is 2.04 bits per heavy atom. The van der Waals surface area contributed by atoms with Crippen LogP contribution in [0.5, 0.6) is 0 Å². The topological polar surface area (TPSA) is 102 Å². The maximum Gasteiger partial charge on any atom is 0.276 e. The first-order chi connectivity index (χ1) is 12.2. The lowest BCUT2D eigenvalue weighted by atomic mass is 10.2. The molecule has 2 heterocycles. The number of para-hydroxylation sites is 1. The van der Waals surface area contributed by atoms with E-state index in [0.29, 0.717) is 21.9 Å². The third-order valence-electron chi connectivity index (χ3n) is 3.22. The summed E-state index contributed by atoms with van der Waals surface area (Å²) in [6.07, 6.45) is 6.33. The molecule has 0 aliphatic rings. The van der Waals surface area contributed by atoms with Crippen molar-refractivity contribution in [2.45, 2.75) is 0 Å². The molecule has 0 unspecified atom stereocenters. The van der Waals surface area contributed by atoms with Gasteiger partial charge in [-0.2, -0.15) is 14.9 Å². The van der Waals surface area contributed by atoms with Gasteiger partial charge in [0.25, 0.3) is 5.69 Å². The average molecular weight is 352 g/mol. The largest absolute Gasteiger partial charge is 0.276 e. The second-order valence-corrected chi connectivity index (χ2v) is 5.21. The normalized spacial score (nSPS) is 11.4. The molecule has 0 spiro atoms. The van der Waals surface area contributed by atoms with Crippen LogP contribution in [-0.4, -0.2) is 31.0 Å². The van der Waals surface area contributed by atoms with Crippen LogP contribution >= 0.6 is 12.2 Å². The fourth-order valence-corrected chi connectivity index (χ4v) is 2.29. The number of nitrogens with zero attached hydrogens (tertiary/aromatic N) is 5. The van der Waals surface area contributed by atoms with Crippen LogP contribution in [0.25, 0.3) is 17.6 Å². The Hall–Kier alpha value is -3.46. The summed E-state index contributed by atoms with van der Waals surface area (Å²) >= 11 is 5.16. The smallest absolute Gasteiger partial charge is 0.258 e. The van der Waals surface area contributed by atoms with Crippen molar-refractivity contribution in [3.63, 3.8) is 0 Å².